The van der Waals surface area contributed by atoms with Crippen LogP contribution in [0.3, 0.4) is 0 Å². The molecule has 0 radical (unpaired) electrons. The summed E-state index contributed by atoms with van der Waals surface area (Å²) in [6.07, 6.45) is 4.32. The van der Waals surface area contributed by atoms with E-state index in [-0.39, 0.29) is 28.3 Å². The van der Waals surface area contributed by atoms with Crippen LogP contribution in [0.2, 0.25) is 0 Å². The highest BCUT2D eigenvalue weighted by molar-refractivity contribution is 6.16. The summed E-state index contributed by atoms with van der Waals surface area (Å²) in [7, 11) is 0. The molecule has 0 heterocycles. The fourth-order valence-electron chi connectivity index (χ4n) is 5.03. The van der Waals surface area contributed by atoms with Crippen molar-refractivity contribution in [3.63, 3.8) is 0 Å². The molecule has 0 aliphatic heterocycles. The van der Waals surface area contributed by atoms with Crippen LogP contribution in [0, 0.1) is 0 Å². The Hall–Kier alpha value is -3.28. The lowest BCUT2D eigenvalue weighted by molar-refractivity contribution is -0.155. The van der Waals surface area contributed by atoms with E-state index in [0.29, 0.717) is 41.5 Å². The molecular formula is C27H30O6. The normalized spacial score (nSPS) is 13.3. The molecule has 33 heavy (non-hydrogen) atoms. The Balaban J connectivity index is 2.54. The van der Waals surface area contributed by atoms with Crippen molar-refractivity contribution in [3.8, 4) is 11.1 Å². The number of ketones is 2. The SMILES string of the molecule is CCCCc1cc2c(c(CCCC)c1C(C)=O)C(C(=O)O)(C(=O)O)c1cc(C(C)=O)ccc1-2. The lowest BCUT2D eigenvalue weighted by Gasteiger charge is -2.27. The Morgan fingerprint density at radius 3 is 1.94 bits per heavy atom. The predicted octanol–water partition coefficient (Wildman–Crippen LogP) is 5.21. The molecule has 3 rings (SSSR count). The molecule has 0 aromatic heterocycles. The second-order valence-corrected chi connectivity index (χ2v) is 8.75. The maximum atomic E-state index is 12.8. The Labute approximate surface area is 193 Å². The Morgan fingerprint density at radius 1 is 0.818 bits per heavy atom. The third kappa shape index (κ3) is 3.77. The van der Waals surface area contributed by atoms with Crippen LogP contribution < -0.4 is 0 Å². The van der Waals surface area contributed by atoms with Crippen molar-refractivity contribution >= 4 is 23.5 Å². The number of benzene rings is 2. The zero-order valence-electron chi connectivity index (χ0n) is 19.6. The van der Waals surface area contributed by atoms with Crippen LogP contribution in [0.5, 0.6) is 0 Å². The van der Waals surface area contributed by atoms with Gasteiger partial charge < -0.3 is 10.2 Å². The second kappa shape index (κ2) is 9.30. The number of fused-ring (bicyclic) bond motifs is 3. The van der Waals surface area contributed by atoms with Crippen LogP contribution in [-0.2, 0) is 27.8 Å². The minimum absolute atomic E-state index is 0.0742. The number of aliphatic carboxylic acids is 2. The first-order chi connectivity index (χ1) is 15.6. The van der Waals surface area contributed by atoms with E-state index >= 15 is 0 Å². The highest BCUT2D eigenvalue weighted by atomic mass is 16.4. The molecule has 1 aliphatic carbocycles. The molecule has 6 heteroatoms. The van der Waals surface area contributed by atoms with Gasteiger partial charge in [0.1, 0.15) is 0 Å². The van der Waals surface area contributed by atoms with Gasteiger partial charge in [-0.1, -0.05) is 44.9 Å². The summed E-state index contributed by atoms with van der Waals surface area (Å²) in [5, 5.41) is 20.8. The lowest BCUT2D eigenvalue weighted by Crippen LogP contribution is -2.44. The molecule has 0 fully saturated rings. The van der Waals surface area contributed by atoms with Crippen LogP contribution in [0.25, 0.3) is 11.1 Å². The third-order valence-corrected chi connectivity index (χ3v) is 6.58. The number of carboxylic acids is 2. The zero-order valence-corrected chi connectivity index (χ0v) is 19.6. The van der Waals surface area contributed by atoms with Gasteiger partial charge in [0.2, 0.25) is 5.41 Å². The maximum absolute atomic E-state index is 12.8. The van der Waals surface area contributed by atoms with Gasteiger partial charge in [-0.25, -0.2) is 0 Å². The van der Waals surface area contributed by atoms with Gasteiger partial charge in [0, 0.05) is 11.1 Å². The van der Waals surface area contributed by atoms with Gasteiger partial charge in [-0.2, -0.15) is 0 Å². The van der Waals surface area contributed by atoms with Crippen LogP contribution >= 0.6 is 0 Å². The number of carboxylic acid groups (broad SMARTS) is 2. The summed E-state index contributed by atoms with van der Waals surface area (Å²) in [6, 6.07) is 6.43. The van der Waals surface area contributed by atoms with Gasteiger partial charge in [0.25, 0.3) is 0 Å². The number of carbonyl (C=O) groups is 4. The molecule has 0 amide bonds. The molecule has 0 atom stereocenters. The molecule has 0 bridgehead atoms. The standard InChI is InChI=1S/C27H30O6/c1-5-7-9-18-13-21-19-12-11-17(15(3)28)14-22(19)27(25(30)31,26(32)33)24(21)20(10-8-6-2)23(18)16(4)29/h11-14H,5-10H2,1-4H3,(H,30,31)(H,32,33). The molecular weight excluding hydrogens is 420 g/mol. The number of aryl methyl sites for hydroxylation is 1. The quantitative estimate of drug-likeness (QED) is 0.380. The summed E-state index contributed by atoms with van der Waals surface area (Å²) in [5.74, 6) is -3.52. The summed E-state index contributed by atoms with van der Waals surface area (Å²) in [5.41, 5.74) is 0.913. The minimum Gasteiger partial charge on any atom is -0.480 e. The molecule has 2 N–H and O–H groups in total. The molecule has 0 saturated heterocycles. The van der Waals surface area contributed by atoms with E-state index in [9.17, 15) is 29.4 Å². The van der Waals surface area contributed by atoms with Crippen molar-refractivity contribution < 1.29 is 29.4 Å². The molecule has 2 aromatic carbocycles. The number of rotatable bonds is 10. The minimum atomic E-state index is -2.38. The lowest BCUT2D eigenvalue weighted by atomic mass is 9.73. The first-order valence-electron chi connectivity index (χ1n) is 11.5. The molecule has 0 spiro atoms. The molecule has 6 nitrogen and oxygen atoms in total. The molecule has 1 aliphatic rings. The highest BCUT2D eigenvalue weighted by Crippen LogP contribution is 2.53. The summed E-state index contributed by atoms with van der Waals surface area (Å²) in [6.45, 7) is 6.85. The van der Waals surface area contributed by atoms with Gasteiger partial charge >= 0.3 is 11.9 Å². The van der Waals surface area contributed by atoms with Crippen LogP contribution in [0.4, 0.5) is 0 Å². The maximum Gasteiger partial charge on any atom is 0.330 e. The Kier molecular flexibility index (Phi) is 6.86. The second-order valence-electron chi connectivity index (χ2n) is 8.75. The van der Waals surface area contributed by atoms with Crippen molar-refractivity contribution in [2.75, 3.05) is 0 Å². The largest absolute Gasteiger partial charge is 0.480 e. The number of carbonyl (C=O) groups excluding carboxylic acids is 2. The van der Waals surface area contributed by atoms with Crippen LogP contribution in [-0.4, -0.2) is 33.7 Å². The van der Waals surface area contributed by atoms with Gasteiger partial charge in [0.15, 0.2) is 11.6 Å². The van der Waals surface area contributed by atoms with Crippen molar-refractivity contribution in [2.45, 2.75) is 71.6 Å². The monoisotopic (exact) mass is 450 g/mol. The van der Waals surface area contributed by atoms with Crippen molar-refractivity contribution in [1.29, 1.82) is 0 Å². The van der Waals surface area contributed by atoms with Crippen molar-refractivity contribution in [1.82, 2.24) is 0 Å². The predicted molar refractivity (Wildman–Crippen MR) is 125 cm³/mol. The fourth-order valence-corrected chi connectivity index (χ4v) is 5.03. The summed E-state index contributed by atoms with van der Waals surface area (Å²) < 4.78 is 0. The molecule has 0 unspecified atom stereocenters. The van der Waals surface area contributed by atoms with Crippen LogP contribution in [0.15, 0.2) is 24.3 Å². The third-order valence-electron chi connectivity index (χ3n) is 6.58. The average molecular weight is 451 g/mol. The number of unbranched alkanes of at least 4 members (excludes halogenated alkanes) is 2. The van der Waals surface area contributed by atoms with Gasteiger partial charge in [-0.15, -0.1) is 0 Å². The first kappa shape index (κ1) is 24.4. The van der Waals surface area contributed by atoms with Crippen molar-refractivity contribution in [2.24, 2.45) is 0 Å². The topological polar surface area (TPSA) is 109 Å². The first-order valence-corrected chi connectivity index (χ1v) is 11.5. The zero-order chi connectivity index (χ0) is 24.5. The molecule has 174 valence electrons. The Bertz CT molecular complexity index is 1140. The van der Waals surface area contributed by atoms with E-state index in [1.54, 1.807) is 18.2 Å². The van der Waals surface area contributed by atoms with Gasteiger partial charge in [0.05, 0.1) is 0 Å². The highest BCUT2D eigenvalue weighted by Gasteiger charge is 2.58. The fraction of sp³-hybridized carbons (Fsp3) is 0.407. The smallest absolute Gasteiger partial charge is 0.330 e. The van der Waals surface area contributed by atoms with Gasteiger partial charge in [-0.3, -0.25) is 19.2 Å². The molecule has 2 aromatic rings. The number of Topliss-reactive ketones (excluding diaryl/α,β-unsaturated/α-hetero) is 2. The van der Waals surface area contributed by atoms with E-state index in [4.69, 9.17) is 0 Å². The summed E-state index contributed by atoms with van der Waals surface area (Å²) in [4.78, 5) is 50.5. The van der Waals surface area contributed by atoms with E-state index in [0.717, 1.165) is 24.8 Å². The van der Waals surface area contributed by atoms with E-state index < -0.39 is 17.4 Å². The molecule has 0 saturated carbocycles. The Morgan fingerprint density at radius 2 is 1.42 bits per heavy atom. The van der Waals surface area contributed by atoms with Crippen molar-refractivity contribution in [3.05, 3.63) is 57.6 Å². The number of hydrogen-bond acceptors (Lipinski definition) is 4. The van der Waals surface area contributed by atoms with Gasteiger partial charge in [-0.05, 0) is 79.0 Å². The summed E-state index contributed by atoms with van der Waals surface area (Å²) >= 11 is 0. The van der Waals surface area contributed by atoms with E-state index in [2.05, 4.69) is 6.92 Å². The van der Waals surface area contributed by atoms with E-state index in [1.807, 2.05) is 6.92 Å². The van der Waals surface area contributed by atoms with E-state index in [1.165, 1.54) is 19.9 Å². The average Bonchev–Trinajstić information content (AvgIpc) is 3.06. The van der Waals surface area contributed by atoms with Crippen LogP contribution in [0.1, 0.15) is 96.3 Å². The number of hydrogen-bond donors (Lipinski definition) is 2.